The van der Waals surface area contributed by atoms with Gasteiger partial charge in [-0.05, 0) is 50.6 Å². The van der Waals surface area contributed by atoms with Gasteiger partial charge in [0.15, 0.2) is 0 Å². The SMILES string of the molecule is CNCC1CC(Oc2ccc(Br)cc2C(F)(F)F)C1. The number of nitrogens with one attached hydrogen (secondary N) is 1. The summed E-state index contributed by atoms with van der Waals surface area (Å²) in [6, 6.07) is 3.99. The molecular formula is C13H15BrF3NO. The van der Waals surface area contributed by atoms with E-state index in [-0.39, 0.29) is 11.9 Å². The van der Waals surface area contributed by atoms with Crippen LogP contribution in [0.2, 0.25) is 0 Å². The van der Waals surface area contributed by atoms with Gasteiger partial charge < -0.3 is 10.1 Å². The number of ether oxygens (including phenoxy) is 1. The first kappa shape index (κ1) is 14.7. The first-order valence-electron chi connectivity index (χ1n) is 6.08. The van der Waals surface area contributed by atoms with Crippen LogP contribution in [0.25, 0.3) is 0 Å². The molecule has 0 amide bonds. The molecule has 19 heavy (non-hydrogen) atoms. The maximum atomic E-state index is 12.9. The van der Waals surface area contributed by atoms with Crippen LogP contribution in [0.15, 0.2) is 22.7 Å². The smallest absolute Gasteiger partial charge is 0.420 e. The van der Waals surface area contributed by atoms with Crippen LogP contribution >= 0.6 is 15.9 Å². The highest BCUT2D eigenvalue weighted by Gasteiger charge is 2.37. The molecule has 1 aliphatic rings. The molecule has 0 saturated heterocycles. The minimum Gasteiger partial charge on any atom is -0.490 e. The van der Waals surface area contributed by atoms with Gasteiger partial charge in [-0.25, -0.2) is 0 Å². The van der Waals surface area contributed by atoms with Crippen LogP contribution in [-0.4, -0.2) is 19.7 Å². The van der Waals surface area contributed by atoms with Crippen LogP contribution in [-0.2, 0) is 6.18 Å². The molecule has 1 aromatic rings. The quantitative estimate of drug-likeness (QED) is 0.901. The van der Waals surface area contributed by atoms with Gasteiger partial charge >= 0.3 is 6.18 Å². The Morgan fingerprint density at radius 2 is 2.05 bits per heavy atom. The zero-order chi connectivity index (χ0) is 14.0. The van der Waals surface area contributed by atoms with E-state index in [4.69, 9.17) is 4.74 Å². The van der Waals surface area contributed by atoms with Gasteiger partial charge in [0.05, 0.1) is 11.7 Å². The van der Waals surface area contributed by atoms with Crippen LogP contribution in [0.5, 0.6) is 5.75 Å². The van der Waals surface area contributed by atoms with Gasteiger partial charge in [0, 0.05) is 4.47 Å². The summed E-state index contributed by atoms with van der Waals surface area (Å²) in [5.74, 6) is 0.420. The second-order valence-electron chi connectivity index (χ2n) is 4.77. The molecule has 1 aliphatic carbocycles. The monoisotopic (exact) mass is 337 g/mol. The van der Waals surface area contributed by atoms with Crippen molar-refractivity contribution in [3.05, 3.63) is 28.2 Å². The minimum atomic E-state index is -4.40. The number of halogens is 4. The summed E-state index contributed by atoms with van der Waals surface area (Å²) in [5, 5.41) is 3.06. The first-order chi connectivity index (χ1) is 8.90. The maximum absolute atomic E-state index is 12.9. The molecule has 2 rings (SSSR count). The first-order valence-corrected chi connectivity index (χ1v) is 6.87. The van der Waals surface area contributed by atoms with Crippen molar-refractivity contribution in [3.8, 4) is 5.75 Å². The van der Waals surface area contributed by atoms with Gasteiger partial charge in [-0.3, -0.25) is 0 Å². The molecule has 0 unspecified atom stereocenters. The molecule has 1 fully saturated rings. The molecule has 1 N–H and O–H groups in total. The van der Waals surface area contributed by atoms with Crippen molar-refractivity contribution in [2.75, 3.05) is 13.6 Å². The third-order valence-corrected chi connectivity index (χ3v) is 3.72. The Kier molecular flexibility index (Phi) is 4.40. The zero-order valence-electron chi connectivity index (χ0n) is 10.4. The predicted molar refractivity (Wildman–Crippen MR) is 70.2 cm³/mol. The fraction of sp³-hybridized carbons (Fsp3) is 0.538. The highest BCUT2D eigenvalue weighted by molar-refractivity contribution is 9.10. The molecule has 0 atom stereocenters. The van der Waals surface area contributed by atoms with E-state index in [1.165, 1.54) is 6.07 Å². The molecule has 106 valence electrons. The summed E-state index contributed by atoms with van der Waals surface area (Å²) in [4.78, 5) is 0. The van der Waals surface area contributed by atoms with E-state index < -0.39 is 11.7 Å². The Morgan fingerprint density at radius 3 is 2.63 bits per heavy atom. The number of hydrogen-bond acceptors (Lipinski definition) is 2. The number of alkyl halides is 3. The van der Waals surface area contributed by atoms with E-state index in [1.807, 2.05) is 7.05 Å². The summed E-state index contributed by atoms with van der Waals surface area (Å²) >= 11 is 3.05. The Bertz CT molecular complexity index is 444. The van der Waals surface area contributed by atoms with Crippen LogP contribution in [0, 0.1) is 5.92 Å². The Morgan fingerprint density at radius 1 is 1.37 bits per heavy atom. The highest BCUT2D eigenvalue weighted by Crippen LogP contribution is 2.40. The van der Waals surface area contributed by atoms with Gasteiger partial charge in [-0.1, -0.05) is 15.9 Å². The van der Waals surface area contributed by atoms with Crippen molar-refractivity contribution >= 4 is 15.9 Å². The van der Waals surface area contributed by atoms with Crippen molar-refractivity contribution in [3.63, 3.8) is 0 Å². The average Bonchev–Trinajstić information content (AvgIpc) is 2.27. The molecule has 2 nitrogen and oxygen atoms in total. The van der Waals surface area contributed by atoms with Gasteiger partial charge in [0.1, 0.15) is 5.75 Å². The van der Waals surface area contributed by atoms with Gasteiger partial charge in [0.2, 0.25) is 0 Å². The highest BCUT2D eigenvalue weighted by atomic mass is 79.9. The van der Waals surface area contributed by atoms with Crippen LogP contribution in [0.3, 0.4) is 0 Å². The average molecular weight is 338 g/mol. The Labute approximate surface area is 118 Å². The number of hydrogen-bond donors (Lipinski definition) is 1. The fourth-order valence-electron chi connectivity index (χ4n) is 2.23. The third-order valence-electron chi connectivity index (χ3n) is 3.23. The Hall–Kier alpha value is -0.750. The lowest BCUT2D eigenvalue weighted by atomic mass is 9.82. The molecule has 1 saturated carbocycles. The molecule has 0 spiro atoms. The van der Waals surface area contributed by atoms with Gasteiger partial charge in [-0.15, -0.1) is 0 Å². The summed E-state index contributed by atoms with van der Waals surface area (Å²) in [5.41, 5.74) is -0.723. The lowest BCUT2D eigenvalue weighted by molar-refractivity contribution is -0.139. The second kappa shape index (κ2) is 5.71. The summed E-state index contributed by atoms with van der Waals surface area (Å²) in [6.45, 7) is 0.881. The molecule has 0 heterocycles. The standard InChI is InChI=1S/C13H15BrF3NO/c1-18-7-8-4-10(5-8)19-12-3-2-9(14)6-11(12)13(15,16)17/h2-3,6,8,10,18H,4-5,7H2,1H3. The summed E-state index contributed by atoms with van der Waals surface area (Å²) < 4.78 is 44.5. The molecule has 6 heteroatoms. The maximum Gasteiger partial charge on any atom is 0.420 e. The van der Waals surface area contributed by atoms with E-state index in [0.717, 1.165) is 25.5 Å². The van der Waals surface area contributed by atoms with Gasteiger partial charge in [0.25, 0.3) is 0 Å². The zero-order valence-corrected chi connectivity index (χ0v) is 12.0. The van der Waals surface area contributed by atoms with Crippen molar-refractivity contribution in [2.45, 2.75) is 25.1 Å². The topological polar surface area (TPSA) is 21.3 Å². The van der Waals surface area contributed by atoms with E-state index in [9.17, 15) is 13.2 Å². The second-order valence-corrected chi connectivity index (χ2v) is 5.69. The van der Waals surface area contributed by atoms with Crippen molar-refractivity contribution in [1.29, 1.82) is 0 Å². The van der Waals surface area contributed by atoms with Crippen LogP contribution < -0.4 is 10.1 Å². The van der Waals surface area contributed by atoms with Crippen molar-refractivity contribution < 1.29 is 17.9 Å². The molecule has 0 aromatic heterocycles. The molecule has 1 aromatic carbocycles. The van der Waals surface area contributed by atoms with E-state index in [0.29, 0.717) is 10.4 Å². The lowest BCUT2D eigenvalue weighted by Gasteiger charge is -2.35. The van der Waals surface area contributed by atoms with Crippen LogP contribution in [0.4, 0.5) is 13.2 Å². The van der Waals surface area contributed by atoms with E-state index in [1.54, 1.807) is 6.07 Å². The van der Waals surface area contributed by atoms with Gasteiger partial charge in [-0.2, -0.15) is 13.2 Å². The number of rotatable bonds is 4. The van der Waals surface area contributed by atoms with Crippen molar-refractivity contribution in [1.82, 2.24) is 5.32 Å². The van der Waals surface area contributed by atoms with Crippen LogP contribution in [0.1, 0.15) is 18.4 Å². The molecule has 0 aliphatic heterocycles. The van der Waals surface area contributed by atoms with Crippen molar-refractivity contribution in [2.24, 2.45) is 5.92 Å². The number of benzene rings is 1. The molecular weight excluding hydrogens is 323 g/mol. The largest absolute Gasteiger partial charge is 0.490 e. The lowest BCUT2D eigenvalue weighted by Crippen LogP contribution is -2.39. The third kappa shape index (κ3) is 3.63. The predicted octanol–water partition coefficient (Wildman–Crippen LogP) is 3.84. The minimum absolute atomic E-state index is 0.0800. The molecule has 0 radical (unpaired) electrons. The fourth-order valence-corrected chi connectivity index (χ4v) is 2.59. The van der Waals surface area contributed by atoms with E-state index in [2.05, 4.69) is 21.2 Å². The van der Waals surface area contributed by atoms with E-state index >= 15 is 0 Å². The summed E-state index contributed by atoms with van der Waals surface area (Å²) in [7, 11) is 1.87. The summed E-state index contributed by atoms with van der Waals surface area (Å²) in [6.07, 6.45) is -2.91. The Balaban J connectivity index is 2.05. The molecule has 0 bridgehead atoms. The normalized spacial score (nSPS) is 23.0.